The Bertz CT molecular complexity index is 1080. The molecule has 5 nitrogen and oxygen atoms in total. The summed E-state index contributed by atoms with van der Waals surface area (Å²) in [5.41, 5.74) is 3.45. The maximum absolute atomic E-state index is 13.2. The van der Waals surface area contributed by atoms with Crippen molar-refractivity contribution in [2.45, 2.75) is 39.5 Å². The molecule has 0 aliphatic rings. The van der Waals surface area contributed by atoms with Crippen molar-refractivity contribution in [2.75, 3.05) is 0 Å². The molecule has 2 aromatic heterocycles. The van der Waals surface area contributed by atoms with Crippen molar-refractivity contribution >= 4 is 17.1 Å². The van der Waals surface area contributed by atoms with Crippen LogP contribution in [-0.2, 0) is 7.05 Å². The van der Waals surface area contributed by atoms with Gasteiger partial charge in [-0.05, 0) is 55.5 Å². The standard InChI is InChI=1S/C20H21ClN4O/c1-5-13(6-2)17-9-12(3)25-18(17)20(26)24(4)19(23-25)16-8-7-15(21)10-14(16)11-22/h7-10,13H,5-6H2,1-4H3. The molecule has 3 rings (SSSR count). The van der Waals surface area contributed by atoms with E-state index in [0.29, 0.717) is 33.4 Å². The van der Waals surface area contributed by atoms with Crippen LogP contribution in [0.2, 0.25) is 5.02 Å². The third-order valence-corrected chi connectivity index (χ3v) is 5.21. The Morgan fingerprint density at radius 3 is 2.58 bits per heavy atom. The van der Waals surface area contributed by atoms with Crippen LogP contribution in [0.4, 0.5) is 0 Å². The maximum Gasteiger partial charge on any atom is 0.278 e. The molecule has 1 aromatic carbocycles. The lowest BCUT2D eigenvalue weighted by molar-refractivity contribution is 0.644. The molecule has 26 heavy (non-hydrogen) atoms. The van der Waals surface area contributed by atoms with Crippen LogP contribution in [0.25, 0.3) is 16.9 Å². The third kappa shape index (κ3) is 2.81. The van der Waals surface area contributed by atoms with Gasteiger partial charge in [0.15, 0.2) is 5.82 Å². The second-order valence-electron chi connectivity index (χ2n) is 6.50. The molecular formula is C20H21ClN4O. The van der Waals surface area contributed by atoms with Crippen LogP contribution in [-0.4, -0.2) is 14.2 Å². The van der Waals surface area contributed by atoms with Crippen LogP contribution in [0.5, 0.6) is 0 Å². The van der Waals surface area contributed by atoms with Gasteiger partial charge in [-0.2, -0.15) is 5.26 Å². The Hall–Kier alpha value is -2.58. The van der Waals surface area contributed by atoms with E-state index in [1.807, 2.05) is 6.92 Å². The first-order valence-electron chi connectivity index (χ1n) is 8.72. The first-order chi connectivity index (χ1) is 12.4. The van der Waals surface area contributed by atoms with Gasteiger partial charge >= 0.3 is 0 Å². The number of nitriles is 1. The van der Waals surface area contributed by atoms with Gasteiger partial charge in [-0.15, -0.1) is 5.10 Å². The molecular weight excluding hydrogens is 348 g/mol. The summed E-state index contributed by atoms with van der Waals surface area (Å²) in [4.78, 5) is 13.2. The number of hydrogen-bond acceptors (Lipinski definition) is 3. The molecule has 134 valence electrons. The summed E-state index contributed by atoms with van der Waals surface area (Å²) in [6, 6.07) is 9.21. The zero-order valence-electron chi connectivity index (χ0n) is 15.4. The average Bonchev–Trinajstić information content (AvgIpc) is 2.96. The second kappa shape index (κ2) is 6.97. The molecule has 0 aliphatic heterocycles. The van der Waals surface area contributed by atoms with Gasteiger partial charge in [-0.3, -0.25) is 9.36 Å². The Balaban J connectivity index is 2.36. The first-order valence-corrected chi connectivity index (χ1v) is 9.09. The van der Waals surface area contributed by atoms with E-state index in [1.54, 1.807) is 29.8 Å². The number of fused-ring (bicyclic) bond motifs is 1. The number of nitrogens with zero attached hydrogens (tertiary/aromatic N) is 4. The number of rotatable bonds is 4. The third-order valence-electron chi connectivity index (χ3n) is 4.97. The van der Waals surface area contributed by atoms with E-state index in [9.17, 15) is 10.1 Å². The van der Waals surface area contributed by atoms with E-state index in [0.717, 1.165) is 24.1 Å². The molecule has 0 unspecified atom stereocenters. The van der Waals surface area contributed by atoms with Gasteiger partial charge in [0.1, 0.15) is 5.52 Å². The van der Waals surface area contributed by atoms with Crippen LogP contribution in [0.15, 0.2) is 29.1 Å². The molecule has 0 amide bonds. The molecule has 0 radical (unpaired) electrons. The molecule has 2 heterocycles. The summed E-state index contributed by atoms with van der Waals surface area (Å²) in [6.07, 6.45) is 1.94. The number of aryl methyl sites for hydroxylation is 1. The summed E-state index contributed by atoms with van der Waals surface area (Å²) in [5.74, 6) is 0.773. The van der Waals surface area contributed by atoms with Crippen molar-refractivity contribution in [3.8, 4) is 17.5 Å². The molecule has 0 N–H and O–H groups in total. The fraction of sp³-hybridized carbons (Fsp3) is 0.350. The highest BCUT2D eigenvalue weighted by atomic mass is 35.5. The quantitative estimate of drug-likeness (QED) is 0.684. The first kappa shape index (κ1) is 18.2. The van der Waals surface area contributed by atoms with Crippen LogP contribution < -0.4 is 5.56 Å². The smallest absolute Gasteiger partial charge is 0.278 e. The van der Waals surface area contributed by atoms with Crippen LogP contribution >= 0.6 is 11.6 Å². The zero-order chi connectivity index (χ0) is 19.0. The number of benzene rings is 1. The number of halogens is 1. The molecule has 3 aromatic rings. The SMILES string of the molecule is CCC(CC)c1cc(C)n2nc(-c3ccc(Cl)cc3C#N)n(C)c(=O)c12. The monoisotopic (exact) mass is 368 g/mol. The van der Waals surface area contributed by atoms with Crippen molar-refractivity contribution < 1.29 is 0 Å². The van der Waals surface area contributed by atoms with Gasteiger partial charge in [0.25, 0.3) is 5.56 Å². The van der Waals surface area contributed by atoms with Crippen molar-refractivity contribution in [1.29, 1.82) is 5.26 Å². The van der Waals surface area contributed by atoms with Crippen molar-refractivity contribution in [3.63, 3.8) is 0 Å². The summed E-state index contributed by atoms with van der Waals surface area (Å²) in [5, 5.41) is 14.6. The molecule has 6 heteroatoms. The molecule has 0 saturated carbocycles. The molecule has 0 atom stereocenters. The highest BCUT2D eigenvalue weighted by molar-refractivity contribution is 6.30. The molecule has 0 saturated heterocycles. The summed E-state index contributed by atoms with van der Waals surface area (Å²) >= 11 is 6.00. The summed E-state index contributed by atoms with van der Waals surface area (Å²) in [7, 11) is 1.69. The Morgan fingerprint density at radius 2 is 1.96 bits per heavy atom. The fourth-order valence-corrected chi connectivity index (χ4v) is 3.66. The van der Waals surface area contributed by atoms with Crippen LogP contribution in [0, 0.1) is 18.3 Å². The van der Waals surface area contributed by atoms with E-state index in [2.05, 4.69) is 26.0 Å². The lowest BCUT2D eigenvalue weighted by Gasteiger charge is -2.13. The van der Waals surface area contributed by atoms with Crippen molar-refractivity contribution in [1.82, 2.24) is 14.2 Å². The Morgan fingerprint density at radius 1 is 1.27 bits per heavy atom. The fourth-order valence-electron chi connectivity index (χ4n) is 3.49. The number of hydrogen-bond donors (Lipinski definition) is 0. The predicted octanol–water partition coefficient (Wildman–Crippen LogP) is 4.44. The summed E-state index contributed by atoms with van der Waals surface area (Å²) in [6.45, 7) is 6.21. The summed E-state index contributed by atoms with van der Waals surface area (Å²) < 4.78 is 3.23. The molecule has 0 aliphatic carbocycles. The molecule has 0 fully saturated rings. The van der Waals surface area contributed by atoms with Crippen molar-refractivity contribution in [2.24, 2.45) is 7.05 Å². The zero-order valence-corrected chi connectivity index (χ0v) is 16.1. The highest BCUT2D eigenvalue weighted by Crippen LogP contribution is 2.29. The molecule has 0 bridgehead atoms. The lowest BCUT2D eigenvalue weighted by atomic mass is 9.95. The van der Waals surface area contributed by atoms with E-state index < -0.39 is 0 Å². The minimum Gasteiger partial charge on any atom is -0.292 e. The minimum absolute atomic E-state index is 0.108. The largest absolute Gasteiger partial charge is 0.292 e. The van der Waals surface area contributed by atoms with Gasteiger partial charge < -0.3 is 0 Å². The topological polar surface area (TPSA) is 63.1 Å². The van der Waals surface area contributed by atoms with Gasteiger partial charge in [0.2, 0.25) is 0 Å². The van der Waals surface area contributed by atoms with Crippen molar-refractivity contribution in [3.05, 3.63) is 56.5 Å². The van der Waals surface area contributed by atoms with E-state index in [4.69, 9.17) is 16.7 Å². The van der Waals surface area contributed by atoms with Crippen LogP contribution in [0.1, 0.15) is 49.4 Å². The maximum atomic E-state index is 13.2. The Labute approximate surface area is 157 Å². The Kier molecular flexibility index (Phi) is 4.88. The minimum atomic E-state index is -0.108. The lowest BCUT2D eigenvalue weighted by Crippen LogP contribution is -2.24. The van der Waals surface area contributed by atoms with Gasteiger partial charge in [-0.25, -0.2) is 4.52 Å². The van der Waals surface area contributed by atoms with E-state index >= 15 is 0 Å². The predicted molar refractivity (Wildman–Crippen MR) is 104 cm³/mol. The normalized spacial score (nSPS) is 11.3. The van der Waals surface area contributed by atoms with Gasteiger partial charge in [0, 0.05) is 23.3 Å². The van der Waals surface area contributed by atoms with E-state index in [1.165, 1.54) is 4.57 Å². The van der Waals surface area contributed by atoms with Gasteiger partial charge in [0.05, 0.1) is 11.6 Å². The second-order valence-corrected chi connectivity index (χ2v) is 6.94. The highest BCUT2D eigenvalue weighted by Gasteiger charge is 2.21. The van der Waals surface area contributed by atoms with Crippen LogP contribution in [0.3, 0.4) is 0 Å². The van der Waals surface area contributed by atoms with Gasteiger partial charge in [-0.1, -0.05) is 25.4 Å². The van der Waals surface area contributed by atoms with E-state index in [-0.39, 0.29) is 5.56 Å². The number of aromatic nitrogens is 3. The average molecular weight is 369 g/mol. The molecule has 0 spiro atoms.